The lowest BCUT2D eigenvalue weighted by Gasteiger charge is -2.39. The zero-order valence-electron chi connectivity index (χ0n) is 21.8. The van der Waals surface area contributed by atoms with Crippen LogP contribution in [-0.2, 0) is 25.8 Å². The molecule has 2 rings (SSSR count). The Morgan fingerprint density at radius 2 is 1.89 bits per heavy atom. The van der Waals surface area contributed by atoms with E-state index in [-0.39, 0.29) is 11.9 Å². The molecule has 1 aliphatic rings. The Morgan fingerprint density at radius 3 is 2.43 bits per heavy atom. The number of hydrogen-bond donors (Lipinski definition) is 4. The number of likely N-dealkylation sites (tertiary alicyclic amines) is 1. The molecule has 10 nitrogen and oxygen atoms in total. The van der Waals surface area contributed by atoms with Crippen molar-refractivity contribution >= 4 is 18.8 Å². The van der Waals surface area contributed by atoms with Crippen LogP contribution in [0, 0.1) is 0 Å². The second kappa shape index (κ2) is 14.1. The number of likely N-dealkylation sites (N-methyl/N-ethyl adjacent to an activating group) is 1. The largest absolute Gasteiger partial charge is 0.444 e. The first-order valence-electron chi connectivity index (χ1n) is 11.8. The van der Waals surface area contributed by atoms with Crippen LogP contribution in [0.4, 0.5) is 4.79 Å². The number of carbonyl (C=O) groups excluding carboxylic acids is 3. The number of nitrogens with one attached hydrogen (secondary N) is 3. The highest BCUT2D eigenvalue weighted by Crippen LogP contribution is 2.35. The number of hydroxylamine groups is 1. The van der Waals surface area contributed by atoms with E-state index >= 15 is 0 Å². The lowest BCUT2D eigenvalue weighted by atomic mass is 9.99. The van der Waals surface area contributed by atoms with Crippen LogP contribution in [0.5, 0.6) is 0 Å². The molecule has 0 aliphatic carbocycles. The summed E-state index contributed by atoms with van der Waals surface area (Å²) in [6.07, 6.45) is 0.177. The summed E-state index contributed by atoms with van der Waals surface area (Å²) in [7, 11) is 1.53. The molecule has 1 saturated heterocycles. The lowest BCUT2D eigenvalue weighted by Crippen LogP contribution is -2.58. The Hall–Kier alpha value is -2.53. The number of rotatable bonds is 10. The van der Waals surface area contributed by atoms with Crippen LogP contribution < -0.4 is 16.1 Å². The number of nitrogens with zero attached hydrogens (tertiary/aromatic N) is 1. The molecule has 1 heterocycles. The van der Waals surface area contributed by atoms with Crippen molar-refractivity contribution in [3.8, 4) is 0 Å². The highest BCUT2D eigenvalue weighted by molar-refractivity contribution is 5.82. The van der Waals surface area contributed by atoms with E-state index in [1.165, 1.54) is 7.05 Å². The number of hydrogen-bond acceptors (Lipinski definition) is 8. The predicted molar refractivity (Wildman–Crippen MR) is 133 cm³/mol. The normalized spacial score (nSPS) is 21.5. The van der Waals surface area contributed by atoms with Gasteiger partial charge in [0.15, 0.2) is 0 Å². The first-order chi connectivity index (χ1) is 16.5. The van der Waals surface area contributed by atoms with Gasteiger partial charge >= 0.3 is 6.09 Å². The average Bonchev–Trinajstić information content (AvgIpc) is 3.14. The molecule has 198 valence electrons. The smallest absolute Gasteiger partial charge is 0.411 e. The van der Waals surface area contributed by atoms with Gasteiger partial charge in [-0.05, 0) is 53.0 Å². The van der Waals surface area contributed by atoms with Crippen LogP contribution in [-0.4, -0.2) is 78.3 Å². The van der Waals surface area contributed by atoms with E-state index in [4.69, 9.17) is 14.4 Å². The van der Waals surface area contributed by atoms with Crippen molar-refractivity contribution in [3.63, 3.8) is 0 Å². The summed E-state index contributed by atoms with van der Waals surface area (Å²) in [6.45, 7) is 12.3. The molecular weight excluding hydrogens is 452 g/mol. The molecule has 4 N–H and O–H groups in total. The third-order valence-corrected chi connectivity index (χ3v) is 5.77. The number of benzene rings is 1. The molecule has 4 unspecified atom stereocenters. The van der Waals surface area contributed by atoms with Gasteiger partial charge in [-0.3, -0.25) is 14.5 Å². The fraction of sp³-hybridized carbons (Fsp3) is 0.640. The van der Waals surface area contributed by atoms with E-state index in [1.54, 1.807) is 11.8 Å². The van der Waals surface area contributed by atoms with Crippen LogP contribution in [0.3, 0.4) is 0 Å². The lowest BCUT2D eigenvalue weighted by molar-refractivity contribution is -0.125. The minimum atomic E-state index is -0.874. The molecule has 0 saturated carbocycles. The van der Waals surface area contributed by atoms with Gasteiger partial charge in [-0.25, -0.2) is 4.79 Å². The van der Waals surface area contributed by atoms with Crippen LogP contribution in [0.15, 0.2) is 30.3 Å². The molecule has 0 bridgehead atoms. The predicted octanol–water partition coefficient (Wildman–Crippen LogP) is 1.77. The van der Waals surface area contributed by atoms with E-state index in [9.17, 15) is 14.7 Å². The number of ether oxygens (including phenoxy) is 1. The minimum absolute atomic E-state index is 0.202. The first-order valence-corrected chi connectivity index (χ1v) is 11.8. The maximum Gasteiger partial charge on any atom is 0.411 e. The Kier molecular flexibility index (Phi) is 12.3. The molecular formula is C25H42N4O6. The number of aliphatic hydroxyl groups excluding tert-OH is 1. The quantitative estimate of drug-likeness (QED) is 0.286. The van der Waals surface area contributed by atoms with Gasteiger partial charge in [0.1, 0.15) is 18.4 Å². The Morgan fingerprint density at radius 1 is 1.26 bits per heavy atom. The zero-order chi connectivity index (χ0) is 26.6. The van der Waals surface area contributed by atoms with Crippen molar-refractivity contribution in [1.82, 2.24) is 21.0 Å². The van der Waals surface area contributed by atoms with Crippen molar-refractivity contribution in [1.29, 1.82) is 0 Å². The van der Waals surface area contributed by atoms with E-state index in [2.05, 4.69) is 16.1 Å². The van der Waals surface area contributed by atoms with Crippen molar-refractivity contribution in [2.45, 2.75) is 83.4 Å². The van der Waals surface area contributed by atoms with Crippen LogP contribution in [0.1, 0.15) is 53.0 Å². The summed E-state index contributed by atoms with van der Waals surface area (Å²) in [4.78, 5) is 40.7. The summed E-state index contributed by atoms with van der Waals surface area (Å²) in [5.41, 5.74) is 2.89. The van der Waals surface area contributed by atoms with E-state index in [1.807, 2.05) is 64.8 Å². The van der Waals surface area contributed by atoms with Gasteiger partial charge in [0.25, 0.3) is 0 Å². The second-order valence-corrected chi connectivity index (χ2v) is 9.88. The van der Waals surface area contributed by atoms with E-state index in [0.29, 0.717) is 19.7 Å². The molecule has 10 heteroatoms. The maximum absolute atomic E-state index is 13.2. The molecule has 0 radical (unpaired) electrons. The average molecular weight is 495 g/mol. The molecule has 4 atom stereocenters. The van der Waals surface area contributed by atoms with Gasteiger partial charge in [-0.1, -0.05) is 30.3 Å². The molecule has 1 fully saturated rings. The third-order valence-electron chi connectivity index (χ3n) is 5.77. The first kappa shape index (κ1) is 30.5. The van der Waals surface area contributed by atoms with Gasteiger partial charge in [0.05, 0.1) is 18.2 Å². The van der Waals surface area contributed by atoms with Gasteiger partial charge in [0, 0.05) is 26.2 Å². The second-order valence-electron chi connectivity index (χ2n) is 9.88. The summed E-state index contributed by atoms with van der Waals surface area (Å²) in [5.74, 6) is -0.300. The number of aliphatic hydroxyl groups is 1. The van der Waals surface area contributed by atoms with Crippen molar-refractivity contribution in [2.24, 2.45) is 0 Å². The molecule has 1 aromatic rings. The molecule has 2 amide bonds. The maximum atomic E-state index is 13.2. The summed E-state index contributed by atoms with van der Waals surface area (Å²) in [5, 5.41) is 15.7. The number of carbonyl (C=O) groups is 3. The van der Waals surface area contributed by atoms with Crippen molar-refractivity contribution in [3.05, 3.63) is 35.9 Å². The van der Waals surface area contributed by atoms with Crippen LogP contribution in [0.2, 0.25) is 0 Å². The summed E-state index contributed by atoms with van der Waals surface area (Å²) >= 11 is 0. The van der Waals surface area contributed by atoms with E-state index < -0.39 is 29.4 Å². The fourth-order valence-electron chi connectivity index (χ4n) is 4.03. The minimum Gasteiger partial charge on any atom is -0.444 e. The molecule has 1 aromatic carbocycles. The Balaban J connectivity index is 0.00000298. The molecule has 0 aromatic heterocycles. The van der Waals surface area contributed by atoms with E-state index in [0.717, 1.165) is 18.4 Å². The van der Waals surface area contributed by atoms with Crippen molar-refractivity contribution in [2.75, 3.05) is 20.1 Å². The van der Waals surface area contributed by atoms with Gasteiger partial charge in [-0.15, -0.1) is 0 Å². The Labute approximate surface area is 208 Å². The molecule has 0 spiro atoms. The standard InChI is InChI=1S/C24H40N4O5.CH2O/c1-17(29)20(21(30)25-6)26-14-19-12-13-24(5,28(19)22(31)33-23(2,3)4)16-27-32-15-18-10-8-7-9-11-18;1-2/h7-11,17,19-20,26-27,29H,12-16H2,1-6H3,(H,25,30);1H2. The number of amides is 2. The highest BCUT2D eigenvalue weighted by atomic mass is 16.6. The fourth-order valence-corrected chi connectivity index (χ4v) is 4.03. The van der Waals surface area contributed by atoms with Crippen LogP contribution in [0.25, 0.3) is 0 Å². The van der Waals surface area contributed by atoms with Crippen molar-refractivity contribution < 1.29 is 29.1 Å². The molecule has 1 aliphatic heterocycles. The highest BCUT2D eigenvalue weighted by Gasteiger charge is 2.47. The summed E-state index contributed by atoms with van der Waals surface area (Å²) < 4.78 is 5.71. The zero-order valence-corrected chi connectivity index (χ0v) is 21.8. The summed E-state index contributed by atoms with van der Waals surface area (Å²) in [6, 6.07) is 8.87. The van der Waals surface area contributed by atoms with Gasteiger partial charge in [-0.2, -0.15) is 5.48 Å². The van der Waals surface area contributed by atoms with Gasteiger partial charge < -0.3 is 25.3 Å². The third kappa shape index (κ3) is 9.56. The van der Waals surface area contributed by atoms with Crippen LogP contribution >= 0.6 is 0 Å². The Bertz CT molecular complexity index is 786. The monoisotopic (exact) mass is 494 g/mol. The topological polar surface area (TPSA) is 129 Å². The molecule has 35 heavy (non-hydrogen) atoms. The van der Waals surface area contributed by atoms with Gasteiger partial charge in [0.2, 0.25) is 5.91 Å². The SMILES string of the molecule is C=O.CNC(=O)C(NCC1CCC(C)(CNOCc2ccccc2)N1C(=O)OC(C)(C)C)C(C)O.